The smallest absolute Gasteiger partial charge is 0.247 e. The lowest BCUT2D eigenvalue weighted by atomic mass is 9.85. The molecule has 4 aromatic carbocycles. The molecule has 7 aromatic heterocycles. The van der Waals surface area contributed by atoms with Gasteiger partial charge in [-0.15, -0.1) is 0 Å². The van der Waals surface area contributed by atoms with Gasteiger partial charge >= 0.3 is 0 Å². The number of nitrogens with one attached hydrogen (secondary N) is 1. The van der Waals surface area contributed by atoms with Crippen molar-refractivity contribution in [2.45, 2.75) is 175 Å². The van der Waals surface area contributed by atoms with E-state index in [1.807, 2.05) is 36.4 Å². The Morgan fingerprint density at radius 3 is 1.40 bits per heavy atom. The van der Waals surface area contributed by atoms with Gasteiger partial charge in [0, 0.05) is 204 Å². The summed E-state index contributed by atoms with van der Waals surface area (Å²) in [7, 11) is 4.36. The Kier molecular flexibility index (Phi) is 23.1. The lowest BCUT2D eigenvalue weighted by Crippen LogP contribution is -2.31. The Labute approximate surface area is 604 Å². The van der Waals surface area contributed by atoms with Gasteiger partial charge in [0.1, 0.15) is 0 Å². The number of rotatable bonds is 16. The molecule has 16 rings (SSSR count). The van der Waals surface area contributed by atoms with Gasteiger partial charge in [-0.3, -0.25) is 24.6 Å². The Bertz CT molecular complexity index is 4530. The summed E-state index contributed by atoms with van der Waals surface area (Å²) in [5.41, 5.74) is 20.7. The average Bonchev–Trinajstić information content (AvgIpc) is 1.63. The summed E-state index contributed by atoms with van der Waals surface area (Å²) >= 11 is 12.6. The second-order valence-corrected chi connectivity index (χ2v) is 30.0. The van der Waals surface area contributed by atoms with Gasteiger partial charge in [0.2, 0.25) is 5.56 Å². The highest BCUT2D eigenvalue weighted by atomic mass is 35.5. The van der Waals surface area contributed by atoms with Gasteiger partial charge in [-0.1, -0.05) is 85.6 Å². The second kappa shape index (κ2) is 32.5. The van der Waals surface area contributed by atoms with Crippen LogP contribution < -0.4 is 5.56 Å². The molecule has 0 amide bonds. The van der Waals surface area contributed by atoms with E-state index in [0.29, 0.717) is 25.6 Å². The molecule has 1 saturated carbocycles. The molecule has 5 aliphatic rings. The molecule has 0 radical (unpaired) electrons. The number of halogens is 2. The molecule has 0 bridgehead atoms. The monoisotopic (exact) mass is 1400 g/mol. The van der Waals surface area contributed by atoms with Crippen LogP contribution in [0.2, 0.25) is 10.0 Å². The van der Waals surface area contributed by atoms with Crippen molar-refractivity contribution in [2.75, 3.05) is 53.4 Å². The number of pyridine rings is 3. The summed E-state index contributed by atoms with van der Waals surface area (Å²) in [5, 5.41) is 49.7. The molecule has 4 aliphatic heterocycles. The van der Waals surface area contributed by atoms with Gasteiger partial charge in [0.05, 0.1) is 44.1 Å². The number of aliphatic hydroxyl groups excluding tert-OH is 4. The molecule has 101 heavy (non-hydrogen) atoms. The molecule has 1 aliphatic carbocycles. The molecule has 1 fully saturated rings. The third-order valence-corrected chi connectivity index (χ3v) is 22.3. The minimum Gasteiger partial charge on any atom is -0.391 e. The zero-order valence-electron chi connectivity index (χ0n) is 59.8. The maximum absolute atomic E-state index is 11.2. The van der Waals surface area contributed by atoms with Crippen LogP contribution in [0, 0.1) is 19.8 Å². The molecule has 4 unspecified atom stereocenters. The standard InChI is InChI=1S/2C21H24ClN3O.C21H30N2O.C20H23N3O2/c1-2-10-24-11-7-20-18(13-24)17-12-16(22)3-4-19(17)25(20)14-21(26)15-5-8-23-9-6-15;1-2-9-24-10-7-20-18(13-24)17-11-16(22)5-6-19(17)25(20)14-21(26)15-4-3-8-23-12-15;1-15-8-9-19-17(12-15)18-13-22(2)11-10-20(18)23(19)14-21(24)16-6-4-3-5-7-16;1-13-3-5-17-15(9-13)16-11-22(2)8-7-18(16)23(17)12-19(24)14-4-6-20(25)21-10-14/h3-6,8-9,12,21,26H,2,7,10-11,13-14H2,1H3;3-6,8,11-12,21,26H,2,7,9-10,13-14H2,1H3;8-9,12,16,21,24H,3-7,10-11,13-14H2,1-2H3;3-6,9-10,19,24H,7-8,11-12H2,1-2H3,(H,21,25). The van der Waals surface area contributed by atoms with Gasteiger partial charge in [-0.05, 0) is 191 Å². The van der Waals surface area contributed by atoms with E-state index in [2.05, 4.69) is 155 Å². The van der Waals surface area contributed by atoms with E-state index < -0.39 is 18.3 Å². The Morgan fingerprint density at radius 1 is 0.485 bits per heavy atom. The zero-order chi connectivity index (χ0) is 70.4. The number of hydrogen-bond donors (Lipinski definition) is 5. The lowest BCUT2D eigenvalue weighted by Gasteiger charge is -2.29. The van der Waals surface area contributed by atoms with Crippen molar-refractivity contribution in [2.24, 2.45) is 5.92 Å². The summed E-state index contributed by atoms with van der Waals surface area (Å²) < 4.78 is 9.26. The highest BCUT2D eigenvalue weighted by molar-refractivity contribution is 6.31. The van der Waals surface area contributed by atoms with Gasteiger partial charge in [-0.25, -0.2) is 0 Å². The zero-order valence-corrected chi connectivity index (χ0v) is 61.3. The van der Waals surface area contributed by atoms with Gasteiger partial charge in [0.15, 0.2) is 0 Å². The summed E-state index contributed by atoms with van der Waals surface area (Å²) in [6.45, 7) is 21.5. The van der Waals surface area contributed by atoms with E-state index in [-0.39, 0.29) is 11.7 Å². The van der Waals surface area contributed by atoms with Crippen molar-refractivity contribution in [1.82, 2.24) is 52.8 Å². The molecule has 16 nitrogen and oxygen atoms in total. The van der Waals surface area contributed by atoms with E-state index in [9.17, 15) is 25.2 Å². The predicted molar refractivity (Wildman–Crippen MR) is 409 cm³/mol. The number of fused-ring (bicyclic) bond motifs is 12. The highest BCUT2D eigenvalue weighted by Crippen LogP contribution is 2.39. The normalized spacial score (nSPS) is 17.2. The Morgan fingerprint density at radius 2 is 0.931 bits per heavy atom. The number of aliphatic hydroxyl groups is 4. The fourth-order valence-electron chi connectivity index (χ4n) is 16.7. The maximum Gasteiger partial charge on any atom is 0.247 e. The third kappa shape index (κ3) is 16.2. The molecule has 4 atom stereocenters. The van der Waals surface area contributed by atoms with Crippen LogP contribution in [-0.2, 0) is 78.0 Å². The van der Waals surface area contributed by atoms with Crippen LogP contribution in [0.1, 0.15) is 150 Å². The number of benzene rings is 4. The molecule has 0 spiro atoms. The van der Waals surface area contributed by atoms with Gasteiger partial charge in [-0.2, -0.15) is 0 Å². The van der Waals surface area contributed by atoms with E-state index in [0.717, 1.165) is 148 Å². The quantitative estimate of drug-likeness (QED) is 0.0623. The fourth-order valence-corrected chi connectivity index (χ4v) is 17.0. The second-order valence-electron chi connectivity index (χ2n) is 29.1. The van der Waals surface area contributed by atoms with E-state index in [4.69, 9.17) is 23.2 Å². The van der Waals surface area contributed by atoms with Crippen LogP contribution in [0.15, 0.2) is 145 Å². The SMILES string of the molecule is CCCN1CCc2c(c3cc(Cl)ccc3n2CC(O)c2cccnc2)C1.CCCN1CCc2c(c3cc(Cl)ccc3n2CC(O)c2ccncc2)C1.Cc1ccc2c(c1)c1c(n2CC(O)C2CCCCC2)CCN(C)C1.Cc1ccc2c(c1)c1c(n2CC(O)c2ccc(=O)[nH]c2)CCN(C)C1. The largest absolute Gasteiger partial charge is 0.391 e. The van der Waals surface area contributed by atoms with Crippen LogP contribution in [0.4, 0.5) is 0 Å². The minimum atomic E-state index is -0.655. The molecule has 18 heteroatoms. The Balaban J connectivity index is 0.000000120. The topological polar surface area (TPSA) is 172 Å². The number of aromatic amines is 1. The third-order valence-electron chi connectivity index (χ3n) is 21.9. The molecule has 11 heterocycles. The van der Waals surface area contributed by atoms with Gasteiger partial charge < -0.3 is 53.5 Å². The van der Waals surface area contributed by atoms with Crippen LogP contribution in [0.3, 0.4) is 0 Å². The molecular formula is C83H101Cl2N11O5. The maximum atomic E-state index is 11.2. The van der Waals surface area contributed by atoms with Crippen LogP contribution >= 0.6 is 23.2 Å². The number of H-pyrrole nitrogens is 1. The first-order valence-electron chi connectivity index (χ1n) is 36.8. The first kappa shape index (κ1) is 71.9. The van der Waals surface area contributed by atoms with E-state index >= 15 is 0 Å². The summed E-state index contributed by atoms with van der Waals surface area (Å²) in [6, 6.07) is 36.2. The first-order valence-corrected chi connectivity index (χ1v) is 37.6. The number of nitrogens with zero attached hydrogens (tertiary/aromatic N) is 10. The molecular weight excluding hydrogens is 1300 g/mol. The Hall–Kier alpha value is -7.45. The summed E-state index contributed by atoms with van der Waals surface area (Å²) in [6.07, 6.45) is 19.3. The van der Waals surface area contributed by atoms with Crippen molar-refractivity contribution in [3.8, 4) is 0 Å². The average molecular weight is 1400 g/mol. The summed E-state index contributed by atoms with van der Waals surface area (Å²) in [4.78, 5) is 31.8. The van der Waals surface area contributed by atoms with Crippen molar-refractivity contribution >= 4 is 66.8 Å². The van der Waals surface area contributed by atoms with Crippen LogP contribution in [-0.4, -0.2) is 133 Å². The molecule has 0 saturated heterocycles. The molecule has 11 aromatic rings. The predicted octanol–water partition coefficient (Wildman–Crippen LogP) is 14.6. The number of aromatic nitrogens is 7. The van der Waals surface area contributed by atoms with E-state index in [1.165, 1.54) is 127 Å². The lowest BCUT2D eigenvalue weighted by molar-refractivity contribution is 0.0697. The number of likely N-dealkylation sites (N-methyl/N-ethyl adjacent to an activating group) is 2. The molecule has 532 valence electrons. The van der Waals surface area contributed by atoms with Crippen molar-refractivity contribution in [1.29, 1.82) is 0 Å². The first-order chi connectivity index (χ1) is 49.0. The highest BCUT2D eigenvalue weighted by Gasteiger charge is 2.31. The van der Waals surface area contributed by atoms with Crippen LogP contribution in [0.5, 0.6) is 0 Å². The number of hydrogen-bond acceptors (Lipinski definition) is 11. The van der Waals surface area contributed by atoms with Crippen molar-refractivity contribution in [3.63, 3.8) is 0 Å². The minimum absolute atomic E-state index is 0.154. The van der Waals surface area contributed by atoms with Gasteiger partial charge in [0.25, 0.3) is 0 Å². The summed E-state index contributed by atoms with van der Waals surface area (Å²) in [5.74, 6) is 0.489. The van der Waals surface area contributed by atoms with Crippen LogP contribution in [0.25, 0.3) is 43.6 Å². The molecule has 5 N–H and O–H groups in total. The van der Waals surface area contributed by atoms with Crippen molar-refractivity contribution in [3.05, 3.63) is 233 Å². The fraction of sp³-hybridized carbons (Fsp3) is 0.434. The van der Waals surface area contributed by atoms with E-state index in [1.54, 1.807) is 37.1 Å². The van der Waals surface area contributed by atoms with Crippen molar-refractivity contribution < 1.29 is 20.4 Å². The number of aryl methyl sites for hydroxylation is 2.